The van der Waals surface area contributed by atoms with Crippen LogP contribution in [0.4, 0.5) is 0 Å². The number of nitrogens with one attached hydrogen (secondary N) is 1. The van der Waals surface area contributed by atoms with Crippen LogP contribution in [0.3, 0.4) is 0 Å². The maximum absolute atomic E-state index is 11.7. The molecular weight excluding hydrogens is 198 g/mol. The second kappa shape index (κ2) is 3.34. The van der Waals surface area contributed by atoms with Gasteiger partial charge in [-0.1, -0.05) is 24.3 Å². The van der Waals surface area contributed by atoms with Crippen molar-refractivity contribution in [3.05, 3.63) is 35.4 Å². The molecule has 1 aromatic rings. The summed E-state index contributed by atoms with van der Waals surface area (Å²) in [5, 5.41) is 2.79. The summed E-state index contributed by atoms with van der Waals surface area (Å²) in [6.07, 6.45) is 4.63. The lowest BCUT2D eigenvalue weighted by Gasteiger charge is -2.26. The van der Waals surface area contributed by atoms with Gasteiger partial charge in [0.25, 0.3) is 0 Å². The molecule has 0 radical (unpaired) electrons. The minimum Gasteiger partial charge on any atom is -0.359 e. The van der Waals surface area contributed by atoms with E-state index in [1.807, 2.05) is 0 Å². The van der Waals surface area contributed by atoms with Crippen molar-refractivity contribution in [1.82, 2.24) is 5.32 Å². The number of hydrogen-bond donors (Lipinski definition) is 1. The monoisotopic (exact) mass is 215 g/mol. The van der Waals surface area contributed by atoms with Crippen molar-refractivity contribution in [2.75, 3.05) is 7.05 Å². The van der Waals surface area contributed by atoms with Crippen LogP contribution in [0.5, 0.6) is 0 Å². The molecule has 84 valence electrons. The van der Waals surface area contributed by atoms with E-state index in [-0.39, 0.29) is 17.2 Å². The van der Waals surface area contributed by atoms with E-state index in [2.05, 4.69) is 29.6 Å². The molecule has 1 amide bonds. The van der Waals surface area contributed by atoms with E-state index in [0.717, 1.165) is 6.42 Å². The molecule has 0 aromatic heterocycles. The fourth-order valence-electron chi connectivity index (χ4n) is 3.35. The highest BCUT2D eigenvalue weighted by Gasteiger charge is 2.59. The molecule has 0 unspecified atom stereocenters. The molecule has 0 saturated heterocycles. The highest BCUT2D eigenvalue weighted by atomic mass is 16.2. The van der Waals surface area contributed by atoms with Crippen molar-refractivity contribution in [3.63, 3.8) is 0 Å². The molecule has 2 atom stereocenters. The van der Waals surface area contributed by atoms with Gasteiger partial charge < -0.3 is 5.32 Å². The third-order valence-electron chi connectivity index (χ3n) is 4.26. The number of fused-ring (bicyclic) bond motifs is 2. The molecule has 1 fully saturated rings. The lowest BCUT2D eigenvalue weighted by Crippen LogP contribution is -2.27. The number of amides is 1. The summed E-state index contributed by atoms with van der Waals surface area (Å²) >= 11 is 0. The first-order valence-corrected chi connectivity index (χ1v) is 6.08. The van der Waals surface area contributed by atoms with E-state index in [1.165, 1.54) is 30.4 Å². The summed E-state index contributed by atoms with van der Waals surface area (Å²) in [5.74, 6) is 0.440. The first-order chi connectivity index (χ1) is 7.78. The topological polar surface area (TPSA) is 29.1 Å². The van der Waals surface area contributed by atoms with E-state index < -0.39 is 0 Å². The van der Waals surface area contributed by atoms with Crippen LogP contribution in [0.15, 0.2) is 24.3 Å². The van der Waals surface area contributed by atoms with Crippen molar-refractivity contribution in [2.24, 2.45) is 5.92 Å². The van der Waals surface area contributed by atoms with Gasteiger partial charge in [0.1, 0.15) is 0 Å². The Morgan fingerprint density at radius 1 is 1.44 bits per heavy atom. The minimum atomic E-state index is 0.189. The van der Waals surface area contributed by atoms with Gasteiger partial charge in [0.2, 0.25) is 5.91 Å². The third-order valence-corrected chi connectivity index (χ3v) is 4.26. The zero-order valence-corrected chi connectivity index (χ0v) is 9.62. The van der Waals surface area contributed by atoms with Crippen LogP contribution in [0.1, 0.15) is 30.4 Å². The van der Waals surface area contributed by atoms with Crippen molar-refractivity contribution in [3.8, 4) is 0 Å². The zero-order chi connectivity index (χ0) is 11.2. The number of carbonyl (C=O) groups excluding carboxylic acids is 1. The molecule has 1 N–H and O–H groups in total. The normalized spacial score (nSPS) is 30.9. The Kier molecular flexibility index (Phi) is 2.06. The molecule has 16 heavy (non-hydrogen) atoms. The van der Waals surface area contributed by atoms with Crippen molar-refractivity contribution >= 4 is 5.91 Å². The predicted molar refractivity (Wildman–Crippen MR) is 63.2 cm³/mol. The maximum Gasteiger partial charge on any atom is 0.223 e. The zero-order valence-electron chi connectivity index (χ0n) is 9.62. The van der Waals surface area contributed by atoms with E-state index in [0.29, 0.717) is 0 Å². The molecule has 2 aliphatic carbocycles. The summed E-state index contributed by atoms with van der Waals surface area (Å²) in [4.78, 5) is 11.7. The van der Waals surface area contributed by atoms with Crippen LogP contribution in [0, 0.1) is 5.92 Å². The van der Waals surface area contributed by atoms with E-state index in [1.54, 1.807) is 7.05 Å². The number of hydrogen-bond acceptors (Lipinski definition) is 1. The van der Waals surface area contributed by atoms with Crippen LogP contribution in [-0.2, 0) is 16.6 Å². The van der Waals surface area contributed by atoms with Gasteiger partial charge in [0.15, 0.2) is 0 Å². The second-order valence-corrected chi connectivity index (χ2v) is 5.04. The van der Waals surface area contributed by atoms with Crippen molar-refractivity contribution < 1.29 is 4.79 Å². The average molecular weight is 215 g/mol. The second-order valence-electron chi connectivity index (χ2n) is 5.04. The van der Waals surface area contributed by atoms with Crippen LogP contribution in [0.2, 0.25) is 0 Å². The molecule has 2 heteroatoms. The molecular formula is C14H17NO. The number of aryl methyl sites for hydroxylation is 1. The maximum atomic E-state index is 11.7. The fraction of sp³-hybridized carbons (Fsp3) is 0.500. The van der Waals surface area contributed by atoms with Gasteiger partial charge in [-0.05, 0) is 36.8 Å². The Hall–Kier alpha value is -1.31. The predicted octanol–water partition coefficient (Wildman–Crippen LogP) is 2.03. The largest absolute Gasteiger partial charge is 0.359 e. The van der Waals surface area contributed by atoms with E-state index in [4.69, 9.17) is 0 Å². The summed E-state index contributed by atoms with van der Waals surface area (Å²) in [7, 11) is 1.74. The van der Waals surface area contributed by atoms with Crippen LogP contribution >= 0.6 is 0 Å². The summed E-state index contributed by atoms with van der Waals surface area (Å²) in [6, 6.07) is 8.65. The molecule has 2 aliphatic rings. The summed E-state index contributed by atoms with van der Waals surface area (Å²) in [5.41, 5.74) is 3.09. The number of benzene rings is 1. The Balaban J connectivity index is 1.98. The molecule has 0 heterocycles. The van der Waals surface area contributed by atoms with Crippen LogP contribution < -0.4 is 5.32 Å². The molecule has 0 aliphatic heterocycles. The van der Waals surface area contributed by atoms with Crippen molar-refractivity contribution in [2.45, 2.75) is 31.1 Å². The standard InChI is InChI=1S/C14H17NO/c1-15-13(16)12-9-14(12)8-4-6-10-5-2-3-7-11(10)14/h2-3,5,7,12H,4,6,8-9H2,1H3,(H,15,16)/t12-,14-/m0/s1. The summed E-state index contributed by atoms with van der Waals surface area (Å²) in [6.45, 7) is 0. The van der Waals surface area contributed by atoms with Crippen molar-refractivity contribution in [1.29, 1.82) is 0 Å². The molecule has 1 aromatic carbocycles. The summed E-state index contributed by atoms with van der Waals surface area (Å²) < 4.78 is 0. The van der Waals surface area contributed by atoms with E-state index >= 15 is 0 Å². The Morgan fingerprint density at radius 3 is 3.06 bits per heavy atom. The molecule has 3 rings (SSSR count). The molecule has 2 nitrogen and oxygen atoms in total. The van der Waals surface area contributed by atoms with Gasteiger partial charge in [-0.3, -0.25) is 4.79 Å². The average Bonchev–Trinajstić information content (AvgIpc) is 3.04. The first-order valence-electron chi connectivity index (χ1n) is 6.08. The Labute approximate surface area is 96.1 Å². The van der Waals surface area contributed by atoms with Gasteiger partial charge in [-0.25, -0.2) is 0 Å². The SMILES string of the molecule is CNC(=O)[C@@H]1C[C@]12CCCc1ccccc12. The van der Waals surface area contributed by atoms with E-state index in [9.17, 15) is 4.79 Å². The molecule has 0 bridgehead atoms. The fourth-order valence-corrected chi connectivity index (χ4v) is 3.35. The highest BCUT2D eigenvalue weighted by Crippen LogP contribution is 2.60. The number of carbonyl (C=O) groups is 1. The van der Waals surface area contributed by atoms with Gasteiger partial charge in [-0.2, -0.15) is 0 Å². The quantitative estimate of drug-likeness (QED) is 0.763. The highest BCUT2D eigenvalue weighted by molar-refractivity contribution is 5.84. The minimum absolute atomic E-state index is 0.189. The molecule has 1 saturated carbocycles. The Morgan fingerprint density at radius 2 is 2.25 bits per heavy atom. The number of rotatable bonds is 1. The van der Waals surface area contributed by atoms with Gasteiger partial charge in [0.05, 0.1) is 0 Å². The lowest BCUT2D eigenvalue weighted by molar-refractivity contribution is -0.122. The van der Waals surface area contributed by atoms with Crippen LogP contribution in [0.25, 0.3) is 0 Å². The van der Waals surface area contributed by atoms with Crippen LogP contribution in [-0.4, -0.2) is 13.0 Å². The Bertz CT molecular complexity index is 440. The first kappa shape index (κ1) is 9.88. The smallest absolute Gasteiger partial charge is 0.223 e. The third kappa shape index (κ3) is 1.22. The van der Waals surface area contributed by atoms with Gasteiger partial charge >= 0.3 is 0 Å². The molecule has 1 spiro atoms. The lowest BCUT2D eigenvalue weighted by atomic mass is 9.78. The van der Waals surface area contributed by atoms with Gasteiger partial charge in [0, 0.05) is 18.4 Å². The van der Waals surface area contributed by atoms with Gasteiger partial charge in [-0.15, -0.1) is 0 Å².